The molecule has 1 aliphatic carbocycles. The standard InChI is InChI=1S/C13H12O2S/c14-12-13(8-4-5-10(9-13)15-12)16-11-6-2-1-3-7-11/h1-7,10H,8-9H2. The Balaban J connectivity index is 1.89. The van der Waals surface area contributed by atoms with Gasteiger partial charge in [-0.05, 0) is 24.6 Å². The molecule has 2 aliphatic rings. The van der Waals surface area contributed by atoms with E-state index in [1.54, 1.807) is 11.8 Å². The van der Waals surface area contributed by atoms with E-state index >= 15 is 0 Å². The molecule has 2 atom stereocenters. The highest BCUT2D eigenvalue weighted by atomic mass is 32.2. The van der Waals surface area contributed by atoms with E-state index in [1.807, 2.05) is 36.4 Å². The van der Waals surface area contributed by atoms with Gasteiger partial charge in [0.05, 0.1) is 0 Å². The second-order valence-electron chi connectivity index (χ2n) is 4.19. The average molecular weight is 232 g/mol. The van der Waals surface area contributed by atoms with Crippen LogP contribution in [0.4, 0.5) is 0 Å². The lowest BCUT2D eigenvalue weighted by atomic mass is 9.95. The number of rotatable bonds is 2. The second kappa shape index (κ2) is 3.67. The normalized spacial score (nSPS) is 31.5. The topological polar surface area (TPSA) is 26.3 Å². The summed E-state index contributed by atoms with van der Waals surface area (Å²) in [5.41, 5.74) is 0. The van der Waals surface area contributed by atoms with Gasteiger partial charge in [0, 0.05) is 11.3 Å². The number of benzene rings is 1. The molecule has 0 aromatic heterocycles. The van der Waals surface area contributed by atoms with Gasteiger partial charge in [-0.3, -0.25) is 4.79 Å². The highest BCUT2D eigenvalue weighted by Crippen LogP contribution is 2.47. The Kier molecular flexibility index (Phi) is 2.28. The van der Waals surface area contributed by atoms with Crippen LogP contribution in [-0.4, -0.2) is 16.8 Å². The molecular formula is C13H12O2S. The molecule has 1 aromatic rings. The van der Waals surface area contributed by atoms with Gasteiger partial charge >= 0.3 is 5.97 Å². The van der Waals surface area contributed by atoms with E-state index in [4.69, 9.17) is 4.74 Å². The van der Waals surface area contributed by atoms with Crippen molar-refractivity contribution in [1.82, 2.24) is 0 Å². The monoisotopic (exact) mass is 232 g/mol. The van der Waals surface area contributed by atoms with Gasteiger partial charge in [-0.1, -0.05) is 24.3 Å². The second-order valence-corrected chi connectivity index (χ2v) is 5.65. The molecule has 1 saturated heterocycles. The summed E-state index contributed by atoms with van der Waals surface area (Å²) in [6, 6.07) is 10.1. The Labute approximate surface area is 98.7 Å². The molecule has 2 unspecified atom stereocenters. The smallest absolute Gasteiger partial charge is 0.323 e. The largest absolute Gasteiger partial charge is 0.457 e. The predicted octanol–water partition coefficient (Wildman–Crippen LogP) is 2.79. The van der Waals surface area contributed by atoms with Crippen molar-refractivity contribution in [3.63, 3.8) is 0 Å². The molecule has 0 N–H and O–H groups in total. The molecule has 0 amide bonds. The number of carbonyl (C=O) groups is 1. The van der Waals surface area contributed by atoms with Crippen LogP contribution in [0.15, 0.2) is 47.4 Å². The Morgan fingerprint density at radius 1 is 1.31 bits per heavy atom. The van der Waals surface area contributed by atoms with E-state index in [0.717, 1.165) is 17.7 Å². The molecule has 1 aromatic carbocycles. The van der Waals surface area contributed by atoms with Crippen LogP contribution in [0.2, 0.25) is 0 Å². The van der Waals surface area contributed by atoms with Crippen molar-refractivity contribution >= 4 is 17.7 Å². The molecular weight excluding hydrogens is 220 g/mol. The maximum absolute atomic E-state index is 11.9. The minimum atomic E-state index is -0.374. The zero-order valence-corrected chi connectivity index (χ0v) is 9.57. The zero-order chi connectivity index (χ0) is 11.0. The molecule has 2 bridgehead atoms. The van der Waals surface area contributed by atoms with Crippen molar-refractivity contribution in [3.05, 3.63) is 42.5 Å². The fourth-order valence-electron chi connectivity index (χ4n) is 2.22. The number of thioether (sulfide) groups is 1. The van der Waals surface area contributed by atoms with Gasteiger partial charge in [0.15, 0.2) is 0 Å². The Hall–Kier alpha value is -1.22. The van der Waals surface area contributed by atoms with Crippen LogP contribution in [0.1, 0.15) is 12.8 Å². The lowest BCUT2D eigenvalue weighted by Gasteiger charge is -2.24. The van der Waals surface area contributed by atoms with Crippen LogP contribution in [0.25, 0.3) is 0 Å². The summed E-state index contributed by atoms with van der Waals surface area (Å²) in [4.78, 5) is 13.0. The maximum atomic E-state index is 11.9. The number of hydrogen-bond acceptors (Lipinski definition) is 3. The molecule has 16 heavy (non-hydrogen) atoms. The van der Waals surface area contributed by atoms with Gasteiger partial charge in [-0.2, -0.15) is 0 Å². The molecule has 1 aliphatic heterocycles. The molecule has 1 heterocycles. The Morgan fingerprint density at radius 3 is 2.94 bits per heavy atom. The van der Waals surface area contributed by atoms with Gasteiger partial charge < -0.3 is 4.74 Å². The summed E-state index contributed by atoms with van der Waals surface area (Å²) in [5, 5.41) is 0. The summed E-state index contributed by atoms with van der Waals surface area (Å²) in [6.07, 6.45) is 5.64. The van der Waals surface area contributed by atoms with Gasteiger partial charge in [0.1, 0.15) is 10.9 Å². The third-order valence-electron chi connectivity index (χ3n) is 3.02. The molecule has 3 heteroatoms. The summed E-state index contributed by atoms with van der Waals surface area (Å²) < 4.78 is 4.94. The van der Waals surface area contributed by atoms with E-state index in [-0.39, 0.29) is 16.8 Å². The summed E-state index contributed by atoms with van der Waals surface area (Å²) in [6.45, 7) is 0. The third kappa shape index (κ3) is 1.55. The molecule has 3 rings (SSSR count). The number of allylic oxidation sites excluding steroid dienone is 1. The van der Waals surface area contributed by atoms with Crippen LogP contribution in [0, 0.1) is 0 Å². The molecule has 0 spiro atoms. The number of carbonyl (C=O) groups excluding carboxylic acids is 1. The minimum Gasteiger partial charge on any atom is -0.457 e. The van der Waals surface area contributed by atoms with Crippen LogP contribution >= 0.6 is 11.8 Å². The summed E-state index contributed by atoms with van der Waals surface area (Å²) in [7, 11) is 0. The average Bonchev–Trinajstić information content (AvgIpc) is 2.50. The van der Waals surface area contributed by atoms with Crippen molar-refractivity contribution in [1.29, 1.82) is 0 Å². The van der Waals surface area contributed by atoms with Crippen molar-refractivity contribution in [2.24, 2.45) is 0 Å². The number of fused-ring (bicyclic) bond motifs is 2. The summed E-state index contributed by atoms with van der Waals surface area (Å²) >= 11 is 1.64. The lowest BCUT2D eigenvalue weighted by Crippen LogP contribution is -2.30. The SMILES string of the molecule is O=C1OC2C=CCC1(Sc1ccccc1)C2. The van der Waals surface area contributed by atoms with Crippen LogP contribution in [-0.2, 0) is 9.53 Å². The summed E-state index contributed by atoms with van der Waals surface area (Å²) in [5.74, 6) is -0.0589. The predicted molar refractivity (Wildman–Crippen MR) is 63.3 cm³/mol. The fraction of sp³-hybridized carbons (Fsp3) is 0.308. The number of esters is 1. The van der Waals surface area contributed by atoms with E-state index in [0.29, 0.717) is 0 Å². The molecule has 0 radical (unpaired) electrons. The highest BCUT2D eigenvalue weighted by molar-refractivity contribution is 8.01. The number of ether oxygens (including phenoxy) is 1. The van der Waals surface area contributed by atoms with E-state index in [9.17, 15) is 4.79 Å². The molecule has 82 valence electrons. The first kappa shape index (κ1) is 9.97. The molecule has 1 fully saturated rings. The van der Waals surface area contributed by atoms with Crippen LogP contribution in [0.5, 0.6) is 0 Å². The lowest BCUT2D eigenvalue weighted by molar-refractivity contribution is -0.141. The van der Waals surface area contributed by atoms with E-state index in [2.05, 4.69) is 6.08 Å². The van der Waals surface area contributed by atoms with Crippen LogP contribution in [0.3, 0.4) is 0 Å². The fourth-order valence-corrected chi connectivity index (χ4v) is 3.52. The van der Waals surface area contributed by atoms with E-state index in [1.165, 1.54) is 0 Å². The van der Waals surface area contributed by atoms with Crippen molar-refractivity contribution in [2.45, 2.75) is 28.6 Å². The Bertz CT molecular complexity index is 441. The first-order valence-corrected chi connectivity index (χ1v) is 6.22. The van der Waals surface area contributed by atoms with Crippen molar-refractivity contribution in [2.75, 3.05) is 0 Å². The molecule has 2 nitrogen and oxygen atoms in total. The first-order chi connectivity index (χ1) is 7.78. The third-order valence-corrected chi connectivity index (χ3v) is 4.41. The highest BCUT2D eigenvalue weighted by Gasteiger charge is 2.50. The minimum absolute atomic E-state index is 0.00235. The van der Waals surface area contributed by atoms with Crippen molar-refractivity contribution in [3.8, 4) is 0 Å². The quantitative estimate of drug-likeness (QED) is 0.579. The first-order valence-electron chi connectivity index (χ1n) is 5.40. The van der Waals surface area contributed by atoms with Crippen LogP contribution < -0.4 is 0 Å². The molecule has 0 saturated carbocycles. The van der Waals surface area contributed by atoms with Crippen molar-refractivity contribution < 1.29 is 9.53 Å². The van der Waals surface area contributed by atoms with Gasteiger partial charge in [0.2, 0.25) is 0 Å². The van der Waals surface area contributed by atoms with Gasteiger partial charge in [-0.25, -0.2) is 0 Å². The number of hydrogen-bond donors (Lipinski definition) is 0. The zero-order valence-electron chi connectivity index (χ0n) is 8.76. The maximum Gasteiger partial charge on any atom is 0.323 e. The van der Waals surface area contributed by atoms with Gasteiger partial charge in [-0.15, -0.1) is 11.8 Å². The van der Waals surface area contributed by atoms with Gasteiger partial charge in [0.25, 0.3) is 0 Å². The van der Waals surface area contributed by atoms with E-state index < -0.39 is 0 Å². The Morgan fingerprint density at radius 2 is 2.12 bits per heavy atom.